The van der Waals surface area contributed by atoms with E-state index in [4.69, 9.17) is 0 Å². The van der Waals surface area contributed by atoms with Crippen LogP contribution in [0.15, 0.2) is 24.0 Å². The molecule has 3 heterocycles. The molecule has 0 radical (unpaired) electrons. The summed E-state index contributed by atoms with van der Waals surface area (Å²) >= 11 is 0. The Bertz CT molecular complexity index is 555. The van der Waals surface area contributed by atoms with Gasteiger partial charge in [0.2, 0.25) is 5.82 Å². The molecule has 3 aliphatic rings. The van der Waals surface area contributed by atoms with Gasteiger partial charge in [-0.15, -0.1) is 14.1 Å². The summed E-state index contributed by atoms with van der Waals surface area (Å²) in [6.45, 7) is 1.02. The number of hydrogen-bond donors (Lipinski definition) is 2. The van der Waals surface area contributed by atoms with E-state index in [0.717, 1.165) is 17.3 Å². The standard InChI is InChI=1S/C16H21N3/c1-18-11-14-13(10-16(18)7-3-4-8-16)12-6-5-9-17-15(12)19(14)2/h5-6,9,18-19H,1-4,7-8,10-11H2. The van der Waals surface area contributed by atoms with E-state index in [1.165, 1.54) is 53.8 Å². The van der Waals surface area contributed by atoms with Gasteiger partial charge in [-0.25, -0.2) is 4.98 Å². The van der Waals surface area contributed by atoms with Gasteiger partial charge in [-0.2, -0.15) is 0 Å². The Morgan fingerprint density at radius 1 is 1.21 bits per heavy atom. The lowest BCUT2D eigenvalue weighted by molar-refractivity contribution is -0.922. The quantitative estimate of drug-likeness (QED) is 0.648. The molecule has 0 amide bonds. The van der Waals surface area contributed by atoms with Crippen LogP contribution in [-0.2, 0) is 0 Å². The van der Waals surface area contributed by atoms with Gasteiger partial charge in [0.1, 0.15) is 12.2 Å². The van der Waals surface area contributed by atoms with Crippen LogP contribution >= 0.6 is 0 Å². The number of nitrogens with zero attached hydrogens (tertiary/aromatic N) is 1. The average Bonchev–Trinajstić information content (AvgIpc) is 2.99. The van der Waals surface area contributed by atoms with Crippen molar-refractivity contribution < 1.29 is 9.80 Å². The number of hydrogen-bond acceptors (Lipinski definition) is 1. The second-order valence-corrected chi connectivity index (χ2v) is 6.28. The van der Waals surface area contributed by atoms with Gasteiger partial charge in [-0.05, 0) is 25.0 Å². The third-order valence-electron chi connectivity index (χ3n) is 5.36. The van der Waals surface area contributed by atoms with Crippen molar-refractivity contribution in [1.82, 2.24) is 4.98 Å². The summed E-state index contributed by atoms with van der Waals surface area (Å²) in [7, 11) is 8.68. The first-order valence-electron chi connectivity index (χ1n) is 7.27. The third-order valence-corrected chi connectivity index (χ3v) is 5.36. The van der Waals surface area contributed by atoms with Gasteiger partial charge < -0.3 is 9.80 Å². The molecule has 2 atom stereocenters. The Morgan fingerprint density at radius 2 is 2.00 bits per heavy atom. The van der Waals surface area contributed by atoms with Crippen LogP contribution in [0.3, 0.4) is 0 Å². The molecule has 3 nitrogen and oxygen atoms in total. The Hall–Kier alpha value is -1.19. The molecule has 0 saturated heterocycles. The van der Waals surface area contributed by atoms with Gasteiger partial charge in [-0.3, -0.25) is 0 Å². The molecule has 3 heteroatoms. The lowest BCUT2D eigenvalue weighted by Crippen LogP contribution is -3.19. The molecule has 1 aliphatic carbocycles. The summed E-state index contributed by atoms with van der Waals surface area (Å²) in [5.74, 6) is 1.11. The maximum atomic E-state index is 4.53. The summed E-state index contributed by atoms with van der Waals surface area (Å²) < 4.78 is 0. The van der Waals surface area contributed by atoms with Crippen LogP contribution in [0.4, 0.5) is 5.82 Å². The number of aromatic nitrogens is 1. The van der Waals surface area contributed by atoms with E-state index in [1.807, 2.05) is 12.3 Å². The summed E-state index contributed by atoms with van der Waals surface area (Å²) in [5.41, 5.74) is 4.65. The molecule has 2 aliphatic heterocycles. The molecule has 0 bridgehead atoms. The van der Waals surface area contributed by atoms with Gasteiger partial charge in [0, 0.05) is 31.0 Å². The SMILES string of the molecule is [CH2-][NH+]1C2=C(CC3(CCCC3)[NH+]([CH2-])C2)c2cccnc21. The molecule has 100 valence electrons. The first-order chi connectivity index (χ1) is 9.21. The minimum absolute atomic E-state index is 0.385. The Kier molecular flexibility index (Phi) is 2.39. The summed E-state index contributed by atoms with van der Waals surface area (Å²) in [4.78, 5) is 7.11. The molecular weight excluding hydrogens is 234 g/mol. The lowest BCUT2D eigenvalue weighted by atomic mass is 9.82. The second kappa shape index (κ2) is 3.90. The molecule has 1 aromatic rings. The van der Waals surface area contributed by atoms with E-state index >= 15 is 0 Å². The smallest absolute Gasteiger partial charge is 0.211 e. The van der Waals surface area contributed by atoms with Gasteiger partial charge in [0.15, 0.2) is 0 Å². The molecule has 1 spiro atoms. The molecule has 0 aromatic carbocycles. The van der Waals surface area contributed by atoms with E-state index in [0.29, 0.717) is 5.54 Å². The van der Waals surface area contributed by atoms with Crippen molar-refractivity contribution in [2.45, 2.75) is 37.6 Å². The largest absolute Gasteiger partial charge is 0.455 e. The topological polar surface area (TPSA) is 21.8 Å². The number of fused-ring (bicyclic) bond motifs is 2. The lowest BCUT2D eigenvalue weighted by Gasteiger charge is -2.44. The Balaban J connectivity index is 1.80. The highest BCUT2D eigenvalue weighted by molar-refractivity contribution is 5.77. The van der Waals surface area contributed by atoms with Crippen molar-refractivity contribution in [2.24, 2.45) is 0 Å². The first kappa shape index (κ1) is 11.6. The van der Waals surface area contributed by atoms with Crippen LogP contribution < -0.4 is 9.80 Å². The molecule has 1 saturated carbocycles. The highest BCUT2D eigenvalue weighted by atomic mass is 15.3. The predicted octanol–water partition coefficient (Wildman–Crippen LogP) is 0.507. The minimum atomic E-state index is 0.385. The molecular formula is C16H21N3. The second-order valence-electron chi connectivity index (χ2n) is 6.28. The number of rotatable bonds is 0. The van der Waals surface area contributed by atoms with Crippen molar-refractivity contribution in [2.75, 3.05) is 6.54 Å². The van der Waals surface area contributed by atoms with Crippen LogP contribution in [0.5, 0.6) is 0 Å². The zero-order valence-electron chi connectivity index (χ0n) is 11.3. The Labute approximate surface area is 114 Å². The van der Waals surface area contributed by atoms with Gasteiger partial charge in [0.05, 0.1) is 11.1 Å². The number of quaternary nitrogens is 2. The van der Waals surface area contributed by atoms with Crippen LogP contribution in [0.25, 0.3) is 5.57 Å². The molecule has 19 heavy (non-hydrogen) atoms. The van der Waals surface area contributed by atoms with Crippen molar-refractivity contribution in [1.29, 1.82) is 0 Å². The van der Waals surface area contributed by atoms with Crippen molar-refractivity contribution in [3.8, 4) is 0 Å². The fraction of sp³-hybridized carbons (Fsp3) is 0.438. The van der Waals surface area contributed by atoms with E-state index in [9.17, 15) is 0 Å². The fourth-order valence-electron chi connectivity index (χ4n) is 4.24. The van der Waals surface area contributed by atoms with E-state index in [-0.39, 0.29) is 0 Å². The summed E-state index contributed by atoms with van der Waals surface area (Å²) in [5, 5.41) is 0. The maximum absolute atomic E-state index is 4.53. The van der Waals surface area contributed by atoms with Gasteiger partial charge >= 0.3 is 0 Å². The van der Waals surface area contributed by atoms with Crippen molar-refractivity contribution in [3.05, 3.63) is 43.7 Å². The number of pyridine rings is 1. The van der Waals surface area contributed by atoms with Gasteiger partial charge in [0.25, 0.3) is 0 Å². The van der Waals surface area contributed by atoms with Crippen LogP contribution in [0.1, 0.15) is 37.7 Å². The molecule has 2 unspecified atom stereocenters. The molecule has 1 aromatic heterocycles. The molecule has 4 rings (SSSR count). The zero-order chi connectivity index (χ0) is 13.0. The molecule has 1 fully saturated rings. The van der Waals surface area contributed by atoms with Crippen molar-refractivity contribution >= 4 is 11.4 Å². The zero-order valence-corrected chi connectivity index (χ0v) is 11.3. The van der Waals surface area contributed by atoms with E-state index < -0.39 is 0 Å². The Morgan fingerprint density at radius 3 is 2.79 bits per heavy atom. The molecule has 2 N–H and O–H groups in total. The van der Waals surface area contributed by atoms with Crippen LogP contribution in [0, 0.1) is 14.1 Å². The fourth-order valence-corrected chi connectivity index (χ4v) is 4.24. The predicted molar refractivity (Wildman–Crippen MR) is 74.1 cm³/mol. The monoisotopic (exact) mass is 255 g/mol. The van der Waals surface area contributed by atoms with Gasteiger partial charge in [-0.1, -0.05) is 0 Å². The van der Waals surface area contributed by atoms with E-state index in [2.05, 4.69) is 25.1 Å². The minimum Gasteiger partial charge on any atom is -0.455 e. The van der Waals surface area contributed by atoms with Crippen molar-refractivity contribution in [3.63, 3.8) is 0 Å². The normalized spacial score (nSPS) is 31.7. The highest BCUT2D eigenvalue weighted by Crippen LogP contribution is 2.40. The van der Waals surface area contributed by atoms with Crippen LogP contribution in [0.2, 0.25) is 0 Å². The highest BCUT2D eigenvalue weighted by Gasteiger charge is 2.47. The van der Waals surface area contributed by atoms with E-state index in [1.54, 1.807) is 0 Å². The first-order valence-corrected chi connectivity index (χ1v) is 7.27. The summed E-state index contributed by atoms with van der Waals surface area (Å²) in [6, 6.07) is 4.26. The number of nitrogens with one attached hydrogen (secondary N) is 2. The third kappa shape index (κ3) is 1.49. The average molecular weight is 255 g/mol. The maximum Gasteiger partial charge on any atom is 0.211 e. The summed E-state index contributed by atoms with van der Waals surface area (Å²) in [6.07, 6.45) is 8.42. The van der Waals surface area contributed by atoms with Crippen LogP contribution in [-0.4, -0.2) is 17.1 Å².